The van der Waals surface area contributed by atoms with Crippen molar-refractivity contribution in [3.05, 3.63) is 40.7 Å². The first-order valence-electron chi connectivity index (χ1n) is 6.87. The second-order valence-electron chi connectivity index (χ2n) is 5.08. The lowest BCUT2D eigenvalue weighted by Gasteiger charge is -2.02. The SMILES string of the molecule is CC(C)c1nnc(NC(=O)CCC(=O)c2ccc(F)cc2)s1. The molecule has 1 aromatic carbocycles. The van der Waals surface area contributed by atoms with Crippen molar-refractivity contribution in [1.29, 1.82) is 0 Å². The largest absolute Gasteiger partial charge is 0.301 e. The molecule has 0 aliphatic rings. The van der Waals surface area contributed by atoms with Crippen LogP contribution in [0.15, 0.2) is 24.3 Å². The molecule has 7 heteroatoms. The minimum atomic E-state index is -0.397. The van der Waals surface area contributed by atoms with E-state index in [1.807, 2.05) is 13.8 Å². The predicted octanol–water partition coefficient (Wildman–Crippen LogP) is 3.40. The number of aromatic nitrogens is 2. The topological polar surface area (TPSA) is 72.0 Å². The molecule has 0 fully saturated rings. The summed E-state index contributed by atoms with van der Waals surface area (Å²) in [7, 11) is 0. The molecule has 1 aromatic heterocycles. The molecular formula is C15H16FN3O2S. The number of nitrogens with zero attached hydrogens (tertiary/aromatic N) is 2. The van der Waals surface area contributed by atoms with Gasteiger partial charge in [0.25, 0.3) is 0 Å². The Balaban J connectivity index is 1.84. The van der Waals surface area contributed by atoms with Gasteiger partial charge in [-0.15, -0.1) is 10.2 Å². The molecule has 0 radical (unpaired) electrons. The molecule has 0 atom stereocenters. The van der Waals surface area contributed by atoms with E-state index < -0.39 is 5.82 Å². The molecule has 22 heavy (non-hydrogen) atoms. The van der Waals surface area contributed by atoms with Gasteiger partial charge in [-0.1, -0.05) is 25.2 Å². The molecule has 2 rings (SSSR count). The van der Waals surface area contributed by atoms with E-state index >= 15 is 0 Å². The third-order valence-corrected chi connectivity index (χ3v) is 4.07. The van der Waals surface area contributed by atoms with Crippen LogP contribution >= 0.6 is 11.3 Å². The average Bonchev–Trinajstić information content (AvgIpc) is 2.94. The van der Waals surface area contributed by atoms with Gasteiger partial charge >= 0.3 is 0 Å². The van der Waals surface area contributed by atoms with Crippen molar-refractivity contribution in [3.8, 4) is 0 Å². The summed E-state index contributed by atoms with van der Waals surface area (Å²) in [4.78, 5) is 23.7. The van der Waals surface area contributed by atoms with E-state index in [-0.39, 0.29) is 30.4 Å². The number of carbonyl (C=O) groups excluding carboxylic acids is 2. The smallest absolute Gasteiger partial charge is 0.226 e. The van der Waals surface area contributed by atoms with E-state index in [0.29, 0.717) is 10.7 Å². The summed E-state index contributed by atoms with van der Waals surface area (Å²) in [6.07, 6.45) is 0.111. The van der Waals surface area contributed by atoms with Gasteiger partial charge in [-0.25, -0.2) is 4.39 Å². The number of nitrogens with one attached hydrogen (secondary N) is 1. The summed E-state index contributed by atoms with van der Waals surface area (Å²) >= 11 is 1.32. The molecule has 0 aliphatic heterocycles. The maximum absolute atomic E-state index is 12.8. The van der Waals surface area contributed by atoms with Crippen LogP contribution in [-0.2, 0) is 4.79 Å². The van der Waals surface area contributed by atoms with E-state index in [2.05, 4.69) is 15.5 Å². The Morgan fingerprint density at radius 1 is 1.18 bits per heavy atom. The lowest BCUT2D eigenvalue weighted by Crippen LogP contribution is -2.13. The summed E-state index contributed by atoms with van der Waals surface area (Å²) < 4.78 is 12.8. The zero-order valence-corrected chi connectivity index (χ0v) is 13.1. The monoisotopic (exact) mass is 321 g/mol. The van der Waals surface area contributed by atoms with Crippen LogP contribution in [-0.4, -0.2) is 21.9 Å². The van der Waals surface area contributed by atoms with E-state index in [4.69, 9.17) is 0 Å². The molecule has 5 nitrogen and oxygen atoms in total. The fourth-order valence-corrected chi connectivity index (χ4v) is 2.47. The van der Waals surface area contributed by atoms with Crippen molar-refractivity contribution in [2.45, 2.75) is 32.6 Å². The summed E-state index contributed by atoms with van der Waals surface area (Å²) in [5, 5.41) is 11.8. The Morgan fingerprint density at radius 2 is 1.86 bits per heavy atom. The molecule has 0 unspecified atom stereocenters. The van der Waals surface area contributed by atoms with Gasteiger partial charge in [-0.05, 0) is 24.3 Å². The highest BCUT2D eigenvalue weighted by Crippen LogP contribution is 2.22. The minimum absolute atomic E-state index is 0.0484. The van der Waals surface area contributed by atoms with Crippen molar-refractivity contribution >= 4 is 28.2 Å². The van der Waals surface area contributed by atoms with E-state index in [1.165, 1.54) is 35.6 Å². The zero-order chi connectivity index (χ0) is 16.1. The van der Waals surface area contributed by atoms with Crippen LogP contribution in [0.5, 0.6) is 0 Å². The number of Topliss-reactive ketones (excluding diaryl/α,β-unsaturated/α-hetero) is 1. The number of halogens is 1. The molecule has 0 aliphatic carbocycles. The molecule has 116 valence electrons. The lowest BCUT2D eigenvalue weighted by molar-refractivity contribution is -0.116. The number of anilines is 1. The second kappa shape index (κ2) is 7.22. The van der Waals surface area contributed by atoms with Crippen molar-refractivity contribution in [2.75, 3.05) is 5.32 Å². The first-order valence-corrected chi connectivity index (χ1v) is 7.69. The van der Waals surface area contributed by atoms with E-state index in [1.54, 1.807) is 0 Å². The number of rotatable bonds is 6. The van der Waals surface area contributed by atoms with Crippen LogP contribution in [0.25, 0.3) is 0 Å². The maximum Gasteiger partial charge on any atom is 0.226 e. The number of ketones is 1. The molecular weight excluding hydrogens is 305 g/mol. The van der Waals surface area contributed by atoms with Crippen LogP contribution in [0.1, 0.15) is 48.0 Å². The van der Waals surface area contributed by atoms with Crippen LogP contribution in [0.3, 0.4) is 0 Å². The Morgan fingerprint density at radius 3 is 2.45 bits per heavy atom. The number of hydrogen-bond donors (Lipinski definition) is 1. The fourth-order valence-electron chi connectivity index (χ4n) is 1.71. The highest BCUT2D eigenvalue weighted by atomic mass is 32.1. The normalized spacial score (nSPS) is 10.7. The van der Waals surface area contributed by atoms with Crippen LogP contribution < -0.4 is 5.32 Å². The quantitative estimate of drug-likeness (QED) is 0.828. The molecule has 1 N–H and O–H groups in total. The molecule has 0 saturated carbocycles. The summed E-state index contributed by atoms with van der Waals surface area (Å²) in [6.45, 7) is 3.99. The molecule has 0 spiro atoms. The third kappa shape index (κ3) is 4.42. The van der Waals surface area contributed by atoms with Crippen molar-refractivity contribution in [1.82, 2.24) is 10.2 Å². The standard InChI is InChI=1S/C15H16FN3O2S/c1-9(2)14-18-19-15(22-14)17-13(21)8-7-12(20)10-3-5-11(16)6-4-10/h3-6,9H,7-8H2,1-2H3,(H,17,19,21). The summed E-state index contributed by atoms with van der Waals surface area (Å²) in [5.74, 6) is -0.632. The Bertz CT molecular complexity index is 668. The van der Waals surface area contributed by atoms with Crippen molar-refractivity contribution in [2.24, 2.45) is 0 Å². The van der Waals surface area contributed by atoms with Gasteiger partial charge in [0, 0.05) is 24.3 Å². The van der Waals surface area contributed by atoms with Crippen LogP contribution in [0, 0.1) is 5.82 Å². The van der Waals surface area contributed by atoms with Crippen LogP contribution in [0.4, 0.5) is 9.52 Å². The average molecular weight is 321 g/mol. The first-order chi connectivity index (χ1) is 10.5. The summed E-state index contributed by atoms with van der Waals surface area (Å²) in [6, 6.07) is 5.27. The first kappa shape index (κ1) is 16.2. The zero-order valence-electron chi connectivity index (χ0n) is 12.3. The molecule has 1 amide bonds. The molecule has 0 bridgehead atoms. The van der Waals surface area contributed by atoms with Crippen LogP contribution in [0.2, 0.25) is 0 Å². The Labute approximate surface area is 131 Å². The van der Waals surface area contributed by atoms with Crippen molar-refractivity contribution in [3.63, 3.8) is 0 Å². The van der Waals surface area contributed by atoms with E-state index in [9.17, 15) is 14.0 Å². The lowest BCUT2D eigenvalue weighted by atomic mass is 10.1. The van der Waals surface area contributed by atoms with Gasteiger partial charge in [0.1, 0.15) is 10.8 Å². The Kier molecular flexibility index (Phi) is 5.32. The van der Waals surface area contributed by atoms with Gasteiger partial charge in [0.05, 0.1) is 0 Å². The Hall–Kier alpha value is -2.15. The van der Waals surface area contributed by atoms with Gasteiger partial charge in [0.15, 0.2) is 5.78 Å². The van der Waals surface area contributed by atoms with Gasteiger partial charge in [0.2, 0.25) is 11.0 Å². The highest BCUT2D eigenvalue weighted by molar-refractivity contribution is 7.15. The number of amides is 1. The molecule has 0 saturated heterocycles. The van der Waals surface area contributed by atoms with Gasteiger partial charge < -0.3 is 5.32 Å². The minimum Gasteiger partial charge on any atom is -0.301 e. The molecule has 2 aromatic rings. The number of hydrogen-bond acceptors (Lipinski definition) is 5. The third-order valence-electron chi connectivity index (χ3n) is 2.93. The number of carbonyl (C=O) groups is 2. The van der Waals surface area contributed by atoms with Gasteiger partial charge in [-0.2, -0.15) is 0 Å². The summed E-state index contributed by atoms with van der Waals surface area (Å²) in [5.41, 5.74) is 0.396. The predicted molar refractivity (Wildman–Crippen MR) is 82.6 cm³/mol. The maximum atomic E-state index is 12.8. The molecule has 1 heterocycles. The van der Waals surface area contributed by atoms with Crippen molar-refractivity contribution < 1.29 is 14.0 Å². The fraction of sp³-hybridized carbons (Fsp3) is 0.333. The van der Waals surface area contributed by atoms with E-state index in [0.717, 1.165) is 5.01 Å². The highest BCUT2D eigenvalue weighted by Gasteiger charge is 2.13. The second-order valence-corrected chi connectivity index (χ2v) is 6.09. The van der Waals surface area contributed by atoms with Gasteiger partial charge in [-0.3, -0.25) is 9.59 Å². The number of benzene rings is 1.